The van der Waals surface area contributed by atoms with E-state index in [2.05, 4.69) is 22.2 Å². The van der Waals surface area contributed by atoms with E-state index in [0.717, 1.165) is 42.6 Å². The molecule has 20 heavy (non-hydrogen) atoms. The molecule has 0 aromatic carbocycles. The first-order chi connectivity index (χ1) is 9.86. The predicted molar refractivity (Wildman–Crippen MR) is 81.8 cm³/mol. The van der Waals surface area contributed by atoms with Crippen molar-refractivity contribution in [2.24, 2.45) is 5.92 Å². The second-order valence-corrected chi connectivity index (χ2v) is 6.23. The summed E-state index contributed by atoms with van der Waals surface area (Å²) < 4.78 is 0. The lowest BCUT2D eigenvalue weighted by atomic mass is 9.87. The number of nitrogens with zero attached hydrogens (tertiary/aromatic N) is 3. The molecule has 3 rings (SSSR count). The Balaban J connectivity index is 1.69. The lowest BCUT2D eigenvalue weighted by Gasteiger charge is -2.24. The quantitative estimate of drug-likeness (QED) is 0.860. The summed E-state index contributed by atoms with van der Waals surface area (Å²) in [6, 6.07) is 0. The maximum Gasteiger partial charge on any atom is 0.171 e. The summed E-state index contributed by atoms with van der Waals surface area (Å²) in [5, 5.41) is 3.52. The number of aromatic nitrogens is 3. The van der Waals surface area contributed by atoms with Crippen molar-refractivity contribution in [2.45, 2.75) is 32.6 Å². The molecule has 1 N–H and O–H groups in total. The van der Waals surface area contributed by atoms with Gasteiger partial charge in [-0.15, -0.1) is 11.3 Å². The smallest absolute Gasteiger partial charge is 0.171 e. The van der Waals surface area contributed by atoms with Crippen molar-refractivity contribution < 1.29 is 0 Å². The number of aryl methyl sites for hydroxylation is 1. The highest BCUT2D eigenvalue weighted by molar-refractivity contribution is 7.13. The molecule has 0 saturated heterocycles. The molecule has 2 aromatic rings. The number of hydrogen-bond donors (Lipinski definition) is 1. The van der Waals surface area contributed by atoms with Gasteiger partial charge >= 0.3 is 0 Å². The van der Waals surface area contributed by atoms with Crippen LogP contribution in [-0.4, -0.2) is 28.0 Å². The van der Waals surface area contributed by atoms with Crippen LogP contribution in [0.4, 0.5) is 0 Å². The molecule has 0 aliphatic heterocycles. The van der Waals surface area contributed by atoms with Gasteiger partial charge in [-0.05, 0) is 50.3 Å². The van der Waals surface area contributed by atoms with E-state index in [1.807, 2.05) is 17.9 Å². The van der Waals surface area contributed by atoms with Gasteiger partial charge in [0.2, 0.25) is 0 Å². The van der Waals surface area contributed by atoms with Crippen molar-refractivity contribution in [2.75, 3.05) is 13.1 Å². The van der Waals surface area contributed by atoms with Crippen LogP contribution in [0, 0.1) is 5.92 Å². The van der Waals surface area contributed by atoms with E-state index in [9.17, 15) is 0 Å². The summed E-state index contributed by atoms with van der Waals surface area (Å²) in [6.07, 6.45) is 8.46. The molecule has 1 aliphatic rings. The van der Waals surface area contributed by atoms with Crippen LogP contribution in [0.3, 0.4) is 0 Å². The van der Waals surface area contributed by atoms with Gasteiger partial charge in [0.1, 0.15) is 0 Å². The minimum atomic E-state index is 0.729. The van der Waals surface area contributed by atoms with Crippen molar-refractivity contribution in [3.8, 4) is 10.7 Å². The Hall–Kier alpha value is -1.33. The second kappa shape index (κ2) is 6.41. The minimum Gasteiger partial charge on any atom is -0.316 e. The average molecular weight is 288 g/mol. The predicted octanol–water partition coefficient (Wildman–Crippen LogP) is 2.70. The summed E-state index contributed by atoms with van der Waals surface area (Å²) in [6.45, 7) is 4.44. The van der Waals surface area contributed by atoms with E-state index in [1.165, 1.54) is 24.1 Å². The van der Waals surface area contributed by atoms with Gasteiger partial charge in [0, 0.05) is 18.1 Å². The third kappa shape index (κ3) is 3.04. The Morgan fingerprint density at radius 1 is 1.40 bits per heavy atom. The first-order valence-electron chi connectivity index (χ1n) is 7.31. The van der Waals surface area contributed by atoms with Crippen LogP contribution in [0.15, 0.2) is 17.9 Å². The molecule has 0 spiro atoms. The van der Waals surface area contributed by atoms with Crippen LogP contribution in [-0.2, 0) is 12.8 Å². The van der Waals surface area contributed by atoms with Crippen LogP contribution in [0.2, 0.25) is 0 Å². The highest BCUT2D eigenvalue weighted by Crippen LogP contribution is 2.26. The SMILES string of the molecule is CCCNCC1CCc2nc(-c3cncs3)ncc2C1. The molecule has 2 heterocycles. The number of nitrogens with one attached hydrogen (secondary N) is 1. The minimum absolute atomic E-state index is 0.729. The number of fused-ring (bicyclic) bond motifs is 1. The van der Waals surface area contributed by atoms with Crippen LogP contribution >= 0.6 is 11.3 Å². The highest BCUT2D eigenvalue weighted by Gasteiger charge is 2.20. The topological polar surface area (TPSA) is 50.7 Å². The number of rotatable bonds is 5. The molecule has 106 valence electrons. The van der Waals surface area contributed by atoms with Crippen LogP contribution in [0.1, 0.15) is 31.0 Å². The Bertz CT molecular complexity index is 553. The zero-order valence-electron chi connectivity index (χ0n) is 11.8. The molecule has 1 unspecified atom stereocenters. The highest BCUT2D eigenvalue weighted by atomic mass is 32.1. The standard InChI is InChI=1S/C15H20N4S/c1-2-5-16-7-11-3-4-13-12(6-11)8-18-15(19-13)14-9-17-10-20-14/h8-11,16H,2-7H2,1H3. The average Bonchev–Trinajstić information content (AvgIpc) is 3.01. The molecule has 0 bridgehead atoms. The van der Waals surface area contributed by atoms with Crippen molar-refractivity contribution in [3.63, 3.8) is 0 Å². The Labute approximate surface area is 123 Å². The molecule has 0 saturated carbocycles. The van der Waals surface area contributed by atoms with E-state index < -0.39 is 0 Å². The Morgan fingerprint density at radius 2 is 2.35 bits per heavy atom. The third-order valence-corrected chi connectivity index (χ3v) is 4.53. The molecule has 2 aromatic heterocycles. The first kappa shape index (κ1) is 13.6. The monoisotopic (exact) mass is 288 g/mol. The third-order valence-electron chi connectivity index (χ3n) is 3.76. The normalized spacial score (nSPS) is 17.9. The molecule has 0 amide bonds. The number of hydrogen-bond acceptors (Lipinski definition) is 5. The van der Waals surface area contributed by atoms with E-state index in [-0.39, 0.29) is 0 Å². The zero-order chi connectivity index (χ0) is 13.8. The van der Waals surface area contributed by atoms with Gasteiger partial charge in [-0.2, -0.15) is 0 Å². The lowest BCUT2D eigenvalue weighted by Crippen LogP contribution is -2.28. The van der Waals surface area contributed by atoms with Crippen molar-refractivity contribution in [1.82, 2.24) is 20.3 Å². The number of thiazole rings is 1. The van der Waals surface area contributed by atoms with E-state index in [4.69, 9.17) is 4.98 Å². The van der Waals surface area contributed by atoms with Gasteiger partial charge in [0.05, 0.1) is 10.4 Å². The summed E-state index contributed by atoms with van der Waals surface area (Å²) in [5.41, 5.74) is 4.39. The summed E-state index contributed by atoms with van der Waals surface area (Å²) in [5.74, 6) is 1.56. The van der Waals surface area contributed by atoms with Gasteiger partial charge in [0.15, 0.2) is 5.82 Å². The van der Waals surface area contributed by atoms with Crippen molar-refractivity contribution in [1.29, 1.82) is 0 Å². The molecular formula is C15H20N4S. The van der Waals surface area contributed by atoms with Crippen LogP contribution in [0.5, 0.6) is 0 Å². The molecule has 1 atom stereocenters. The Morgan fingerprint density at radius 3 is 3.15 bits per heavy atom. The maximum absolute atomic E-state index is 4.73. The largest absolute Gasteiger partial charge is 0.316 e. The van der Waals surface area contributed by atoms with E-state index in [0.29, 0.717) is 0 Å². The van der Waals surface area contributed by atoms with Crippen molar-refractivity contribution in [3.05, 3.63) is 29.2 Å². The molecule has 5 heteroatoms. The lowest BCUT2D eigenvalue weighted by molar-refractivity contribution is 0.420. The molecule has 1 aliphatic carbocycles. The maximum atomic E-state index is 4.73. The van der Waals surface area contributed by atoms with Gasteiger partial charge in [-0.25, -0.2) is 9.97 Å². The molecule has 0 radical (unpaired) electrons. The summed E-state index contributed by atoms with van der Waals surface area (Å²) in [7, 11) is 0. The zero-order valence-corrected chi connectivity index (χ0v) is 12.6. The van der Waals surface area contributed by atoms with Crippen LogP contribution in [0.25, 0.3) is 10.7 Å². The second-order valence-electron chi connectivity index (χ2n) is 5.34. The van der Waals surface area contributed by atoms with Gasteiger partial charge in [0.25, 0.3) is 0 Å². The summed E-state index contributed by atoms with van der Waals surface area (Å²) >= 11 is 1.59. The fourth-order valence-corrected chi connectivity index (χ4v) is 3.25. The Kier molecular flexibility index (Phi) is 4.38. The first-order valence-corrected chi connectivity index (χ1v) is 8.19. The fourth-order valence-electron chi connectivity index (χ4n) is 2.69. The van der Waals surface area contributed by atoms with Gasteiger partial charge in [-0.1, -0.05) is 6.92 Å². The fraction of sp³-hybridized carbons (Fsp3) is 0.533. The molecule has 0 fully saturated rings. The summed E-state index contributed by atoms with van der Waals surface area (Å²) in [4.78, 5) is 14.4. The van der Waals surface area contributed by atoms with Crippen LogP contribution < -0.4 is 5.32 Å². The van der Waals surface area contributed by atoms with Crippen molar-refractivity contribution >= 4 is 11.3 Å². The van der Waals surface area contributed by atoms with E-state index >= 15 is 0 Å². The van der Waals surface area contributed by atoms with Gasteiger partial charge < -0.3 is 5.32 Å². The van der Waals surface area contributed by atoms with Gasteiger partial charge in [-0.3, -0.25) is 4.98 Å². The molecule has 4 nitrogen and oxygen atoms in total. The van der Waals surface area contributed by atoms with E-state index in [1.54, 1.807) is 11.3 Å². The molecular weight excluding hydrogens is 268 g/mol.